The second kappa shape index (κ2) is 5.19. The molecule has 2 aromatic heterocycles. The van der Waals surface area contributed by atoms with E-state index in [0.29, 0.717) is 15.2 Å². The third-order valence-corrected chi connectivity index (χ3v) is 7.22. The number of hydrogen-bond acceptors (Lipinski definition) is 4. The molecule has 2 heterocycles. The molecular weight excluding hydrogens is 342 g/mol. The van der Waals surface area contributed by atoms with Crippen LogP contribution in [0.5, 0.6) is 0 Å². The summed E-state index contributed by atoms with van der Waals surface area (Å²) in [6, 6.07) is 1.73. The van der Waals surface area contributed by atoms with Gasteiger partial charge in [-0.1, -0.05) is 0 Å². The molecule has 0 amide bonds. The smallest absolute Gasteiger partial charge is 0.206 e. The zero-order chi connectivity index (χ0) is 12.5. The molecule has 0 spiro atoms. The van der Waals surface area contributed by atoms with Crippen molar-refractivity contribution in [3.05, 3.63) is 37.8 Å². The van der Waals surface area contributed by atoms with Gasteiger partial charge in [0.15, 0.2) is 0 Å². The largest absolute Gasteiger partial charge is 0.251 e. The molecule has 0 fully saturated rings. The fourth-order valence-corrected chi connectivity index (χ4v) is 5.52. The van der Waals surface area contributed by atoms with E-state index >= 15 is 0 Å². The van der Waals surface area contributed by atoms with Crippen molar-refractivity contribution in [1.29, 1.82) is 0 Å². The fraction of sp³-hybridized carbons (Fsp3) is 0.200. The molecule has 17 heavy (non-hydrogen) atoms. The molecule has 3 nitrogen and oxygen atoms in total. The molecule has 0 saturated heterocycles. The zero-order valence-corrected chi connectivity index (χ0v) is 13.0. The molecule has 7 heteroatoms. The number of thiophene rings is 2. The highest BCUT2D eigenvalue weighted by Gasteiger charge is 2.18. The number of sulfonamides is 1. The maximum Gasteiger partial charge on any atom is 0.251 e. The molecule has 0 aliphatic carbocycles. The van der Waals surface area contributed by atoms with Crippen LogP contribution in [0.4, 0.5) is 0 Å². The first-order chi connectivity index (χ1) is 8.00. The fourth-order valence-electron chi connectivity index (χ4n) is 1.28. The van der Waals surface area contributed by atoms with E-state index in [1.807, 2.05) is 17.7 Å². The van der Waals surface area contributed by atoms with Crippen LogP contribution in [-0.4, -0.2) is 8.42 Å². The quantitative estimate of drug-likeness (QED) is 0.917. The number of nitrogens with one attached hydrogen (secondary N) is 1. The Balaban J connectivity index is 2.15. The second-order valence-electron chi connectivity index (χ2n) is 3.46. The van der Waals surface area contributed by atoms with Gasteiger partial charge in [0, 0.05) is 11.0 Å². The van der Waals surface area contributed by atoms with E-state index in [1.165, 1.54) is 11.3 Å². The average Bonchev–Trinajstić information content (AvgIpc) is 2.85. The van der Waals surface area contributed by atoms with Crippen LogP contribution in [0.15, 0.2) is 30.9 Å². The van der Waals surface area contributed by atoms with E-state index in [9.17, 15) is 8.42 Å². The lowest BCUT2D eigenvalue weighted by Gasteiger charge is -2.05. The molecule has 0 unspecified atom stereocenters. The molecule has 0 atom stereocenters. The Kier molecular flexibility index (Phi) is 4.04. The summed E-state index contributed by atoms with van der Waals surface area (Å²) in [6.45, 7) is 2.31. The third kappa shape index (κ3) is 2.97. The number of aryl methyl sites for hydroxylation is 1. The van der Waals surface area contributed by atoms with Gasteiger partial charge in [0.25, 0.3) is 10.0 Å². The van der Waals surface area contributed by atoms with Gasteiger partial charge in [0.2, 0.25) is 0 Å². The normalized spacial score (nSPS) is 11.9. The first-order valence-corrected chi connectivity index (χ1v) is 8.85. The van der Waals surface area contributed by atoms with Crippen molar-refractivity contribution < 1.29 is 8.42 Å². The standard InChI is InChI=1S/C10H10BrNO2S3/c1-7-5-15-6-8(7)4-12-17(13,14)10-9(11)2-3-16-10/h2-3,5-6,12H,4H2,1H3. The van der Waals surface area contributed by atoms with Crippen molar-refractivity contribution in [2.45, 2.75) is 17.7 Å². The predicted molar refractivity (Wildman–Crippen MR) is 75.1 cm³/mol. The van der Waals surface area contributed by atoms with Gasteiger partial charge in [-0.25, -0.2) is 13.1 Å². The van der Waals surface area contributed by atoms with E-state index in [4.69, 9.17) is 0 Å². The molecule has 0 aliphatic rings. The first-order valence-electron chi connectivity index (χ1n) is 4.75. The lowest BCUT2D eigenvalue weighted by atomic mass is 10.2. The van der Waals surface area contributed by atoms with Crippen LogP contribution in [0, 0.1) is 6.92 Å². The Hall–Kier alpha value is -0.210. The third-order valence-electron chi connectivity index (χ3n) is 2.24. The summed E-state index contributed by atoms with van der Waals surface area (Å²) < 4.78 is 27.5. The van der Waals surface area contributed by atoms with Crippen LogP contribution in [0.25, 0.3) is 0 Å². The van der Waals surface area contributed by atoms with Gasteiger partial charge in [0.1, 0.15) is 4.21 Å². The van der Waals surface area contributed by atoms with Gasteiger partial charge in [-0.15, -0.1) is 11.3 Å². The van der Waals surface area contributed by atoms with Crippen LogP contribution in [0.2, 0.25) is 0 Å². The zero-order valence-electron chi connectivity index (χ0n) is 8.94. The molecule has 0 aromatic carbocycles. The summed E-state index contributed by atoms with van der Waals surface area (Å²) in [6.07, 6.45) is 0. The minimum absolute atomic E-state index is 0.324. The second-order valence-corrected chi connectivity index (χ2v) is 7.94. The van der Waals surface area contributed by atoms with E-state index in [-0.39, 0.29) is 0 Å². The summed E-state index contributed by atoms with van der Waals surface area (Å²) in [4.78, 5) is 0. The molecule has 0 bridgehead atoms. The van der Waals surface area contributed by atoms with E-state index in [2.05, 4.69) is 20.7 Å². The van der Waals surface area contributed by atoms with Gasteiger partial charge >= 0.3 is 0 Å². The summed E-state index contributed by atoms with van der Waals surface area (Å²) in [5.74, 6) is 0. The molecule has 2 rings (SSSR count). The molecular formula is C10H10BrNO2S3. The van der Waals surface area contributed by atoms with Crippen molar-refractivity contribution in [2.24, 2.45) is 0 Å². The summed E-state index contributed by atoms with van der Waals surface area (Å²) in [7, 11) is -3.41. The van der Waals surface area contributed by atoms with Crippen LogP contribution in [-0.2, 0) is 16.6 Å². The van der Waals surface area contributed by atoms with Crippen molar-refractivity contribution in [2.75, 3.05) is 0 Å². The van der Waals surface area contributed by atoms with Crippen molar-refractivity contribution in [3.63, 3.8) is 0 Å². The highest BCUT2D eigenvalue weighted by molar-refractivity contribution is 9.10. The Morgan fingerprint density at radius 2 is 2.18 bits per heavy atom. The lowest BCUT2D eigenvalue weighted by Crippen LogP contribution is -2.22. The predicted octanol–water partition coefficient (Wildman–Crippen LogP) is 3.36. The van der Waals surface area contributed by atoms with Crippen LogP contribution < -0.4 is 4.72 Å². The maximum atomic E-state index is 12.0. The Morgan fingerprint density at radius 3 is 2.71 bits per heavy atom. The number of halogens is 1. The minimum atomic E-state index is -3.41. The van der Waals surface area contributed by atoms with Gasteiger partial charge < -0.3 is 0 Å². The molecule has 92 valence electrons. The van der Waals surface area contributed by atoms with Crippen molar-refractivity contribution in [1.82, 2.24) is 4.72 Å². The first kappa shape index (κ1) is 13.2. The SMILES string of the molecule is Cc1cscc1CNS(=O)(=O)c1sccc1Br. The van der Waals surface area contributed by atoms with Crippen LogP contribution in [0.1, 0.15) is 11.1 Å². The maximum absolute atomic E-state index is 12.0. The van der Waals surface area contributed by atoms with Gasteiger partial charge in [-0.05, 0) is 56.2 Å². The Labute approximate surface area is 117 Å². The molecule has 0 saturated carbocycles. The summed E-state index contributed by atoms with van der Waals surface area (Å²) >= 11 is 6.01. The minimum Gasteiger partial charge on any atom is -0.206 e. The average molecular weight is 352 g/mol. The molecule has 0 radical (unpaired) electrons. The van der Waals surface area contributed by atoms with Gasteiger partial charge in [-0.2, -0.15) is 11.3 Å². The van der Waals surface area contributed by atoms with Crippen LogP contribution in [0.3, 0.4) is 0 Å². The van der Waals surface area contributed by atoms with Crippen molar-refractivity contribution in [3.8, 4) is 0 Å². The molecule has 1 N–H and O–H groups in total. The number of rotatable bonds is 4. The topological polar surface area (TPSA) is 46.2 Å². The van der Waals surface area contributed by atoms with Gasteiger partial charge in [0.05, 0.1) is 0 Å². The highest BCUT2D eigenvalue weighted by Crippen LogP contribution is 2.27. The molecule has 2 aromatic rings. The van der Waals surface area contributed by atoms with Gasteiger partial charge in [-0.3, -0.25) is 0 Å². The molecule has 0 aliphatic heterocycles. The highest BCUT2D eigenvalue weighted by atomic mass is 79.9. The van der Waals surface area contributed by atoms with E-state index < -0.39 is 10.0 Å². The van der Waals surface area contributed by atoms with E-state index in [0.717, 1.165) is 11.1 Å². The van der Waals surface area contributed by atoms with Crippen LogP contribution >= 0.6 is 38.6 Å². The van der Waals surface area contributed by atoms with Crippen molar-refractivity contribution >= 4 is 48.6 Å². The number of hydrogen-bond donors (Lipinski definition) is 1. The monoisotopic (exact) mass is 351 g/mol. The Morgan fingerprint density at radius 1 is 1.41 bits per heavy atom. The lowest BCUT2D eigenvalue weighted by molar-refractivity contribution is 0.583. The summed E-state index contributed by atoms with van der Waals surface area (Å²) in [5, 5.41) is 5.71. The van der Waals surface area contributed by atoms with E-state index in [1.54, 1.807) is 22.8 Å². The summed E-state index contributed by atoms with van der Waals surface area (Å²) in [5.41, 5.74) is 2.13. The Bertz CT molecular complexity index is 615.